The topological polar surface area (TPSA) is 131 Å². The fraction of sp³-hybridized carbons (Fsp3) is 0.310. The number of hydrogen-bond donors (Lipinski definition) is 1. The Hall–Kier alpha value is -3.90. The first-order chi connectivity index (χ1) is 19.6. The molecular formula is C29H30BrN3O7S. The number of fused-ring (bicyclic) bond motifs is 1. The van der Waals surface area contributed by atoms with E-state index < -0.39 is 17.9 Å². The summed E-state index contributed by atoms with van der Waals surface area (Å²) in [4.78, 5) is 43.4. The quantitative estimate of drug-likeness (QED) is 0.336. The van der Waals surface area contributed by atoms with Gasteiger partial charge >= 0.3 is 5.97 Å². The number of aromatic nitrogens is 1. The number of aryl methyl sites for hydroxylation is 1. The summed E-state index contributed by atoms with van der Waals surface area (Å²) in [6, 6.07) is 8.27. The van der Waals surface area contributed by atoms with Gasteiger partial charge in [0.25, 0.3) is 11.5 Å². The molecule has 2 heterocycles. The first-order valence-corrected chi connectivity index (χ1v) is 14.4. The monoisotopic (exact) mass is 643 g/mol. The van der Waals surface area contributed by atoms with E-state index in [0.29, 0.717) is 54.5 Å². The highest BCUT2D eigenvalue weighted by atomic mass is 79.9. The van der Waals surface area contributed by atoms with Gasteiger partial charge in [-0.1, -0.05) is 23.5 Å². The number of hydrogen-bond acceptors (Lipinski definition) is 9. The zero-order valence-electron chi connectivity index (χ0n) is 23.3. The molecule has 1 aliphatic rings. The Morgan fingerprint density at radius 2 is 1.88 bits per heavy atom. The average Bonchev–Trinajstić information content (AvgIpc) is 3.21. The highest BCUT2D eigenvalue weighted by Gasteiger charge is 2.33. The number of primary amides is 1. The summed E-state index contributed by atoms with van der Waals surface area (Å²) in [6.07, 6.45) is 1.71. The van der Waals surface area contributed by atoms with Crippen molar-refractivity contribution in [1.29, 1.82) is 0 Å². The number of carbonyl (C=O) groups is 2. The van der Waals surface area contributed by atoms with Crippen molar-refractivity contribution in [1.82, 2.24) is 4.57 Å². The van der Waals surface area contributed by atoms with Crippen LogP contribution >= 0.6 is 27.3 Å². The number of carbonyl (C=O) groups excluding carboxylic acids is 2. The summed E-state index contributed by atoms with van der Waals surface area (Å²) in [7, 11) is 1.57. The molecule has 216 valence electrons. The Labute approximate surface area is 248 Å². The molecule has 0 fully saturated rings. The smallest absolute Gasteiger partial charge is 0.338 e. The molecule has 1 amide bonds. The Morgan fingerprint density at radius 1 is 1.12 bits per heavy atom. The van der Waals surface area contributed by atoms with Gasteiger partial charge in [-0.15, -0.1) is 0 Å². The molecule has 1 atom stereocenters. The molecule has 41 heavy (non-hydrogen) atoms. The van der Waals surface area contributed by atoms with Crippen molar-refractivity contribution < 1.29 is 28.5 Å². The Balaban J connectivity index is 1.91. The SMILES string of the molecule is CCOC(=O)C1=C(C)N=c2sc(=Cc3cc(Br)c(OCC(N)=O)c(OCC)c3)c(=O)n2[C@@H]1c1ccc(C)c(OC)c1. The van der Waals surface area contributed by atoms with Gasteiger partial charge in [-0.2, -0.15) is 0 Å². The zero-order valence-corrected chi connectivity index (χ0v) is 25.7. The van der Waals surface area contributed by atoms with Gasteiger partial charge in [0.15, 0.2) is 22.9 Å². The number of amides is 1. The van der Waals surface area contributed by atoms with Crippen molar-refractivity contribution in [2.45, 2.75) is 33.7 Å². The second kappa shape index (κ2) is 12.7. The summed E-state index contributed by atoms with van der Waals surface area (Å²) in [5, 5.41) is 0. The number of nitrogens with two attached hydrogens (primary N) is 1. The van der Waals surface area contributed by atoms with Crippen molar-refractivity contribution in [3.63, 3.8) is 0 Å². The summed E-state index contributed by atoms with van der Waals surface area (Å²) in [5.41, 5.74) is 7.92. The summed E-state index contributed by atoms with van der Waals surface area (Å²) < 4.78 is 24.6. The molecule has 1 aromatic heterocycles. The van der Waals surface area contributed by atoms with E-state index >= 15 is 0 Å². The van der Waals surface area contributed by atoms with E-state index in [1.165, 1.54) is 15.9 Å². The highest BCUT2D eigenvalue weighted by molar-refractivity contribution is 9.10. The molecule has 12 heteroatoms. The third-order valence-electron chi connectivity index (χ3n) is 6.25. The van der Waals surface area contributed by atoms with Crippen molar-refractivity contribution in [2.75, 3.05) is 26.9 Å². The van der Waals surface area contributed by atoms with Gasteiger partial charge in [-0.05, 0) is 84.6 Å². The van der Waals surface area contributed by atoms with Gasteiger partial charge in [0.05, 0.1) is 46.6 Å². The van der Waals surface area contributed by atoms with Crippen LogP contribution in [0.3, 0.4) is 0 Å². The first-order valence-electron chi connectivity index (χ1n) is 12.8. The van der Waals surface area contributed by atoms with Crippen molar-refractivity contribution in [2.24, 2.45) is 10.7 Å². The Kier molecular flexibility index (Phi) is 9.34. The number of thiazole rings is 1. The minimum Gasteiger partial charge on any atom is -0.496 e. The maximum Gasteiger partial charge on any atom is 0.338 e. The lowest BCUT2D eigenvalue weighted by atomic mass is 9.95. The molecule has 0 saturated heterocycles. The molecule has 0 bridgehead atoms. The van der Waals surface area contributed by atoms with Crippen LogP contribution in [0.1, 0.15) is 43.5 Å². The van der Waals surface area contributed by atoms with Crippen LogP contribution in [-0.2, 0) is 14.3 Å². The number of halogens is 1. The van der Waals surface area contributed by atoms with E-state index in [0.717, 1.165) is 5.56 Å². The molecule has 0 unspecified atom stereocenters. The van der Waals surface area contributed by atoms with E-state index in [2.05, 4.69) is 20.9 Å². The lowest BCUT2D eigenvalue weighted by Gasteiger charge is -2.25. The van der Waals surface area contributed by atoms with Crippen LogP contribution in [0.4, 0.5) is 0 Å². The van der Waals surface area contributed by atoms with Gasteiger partial charge in [0, 0.05) is 0 Å². The third kappa shape index (κ3) is 6.23. The fourth-order valence-electron chi connectivity index (χ4n) is 4.48. The normalized spacial score (nSPS) is 14.8. The van der Waals surface area contributed by atoms with E-state index in [4.69, 9.17) is 24.7 Å². The van der Waals surface area contributed by atoms with Crippen molar-refractivity contribution >= 4 is 45.2 Å². The van der Waals surface area contributed by atoms with E-state index in [-0.39, 0.29) is 24.3 Å². The lowest BCUT2D eigenvalue weighted by Crippen LogP contribution is -2.40. The maximum absolute atomic E-state index is 14.0. The Morgan fingerprint density at radius 3 is 2.54 bits per heavy atom. The van der Waals surface area contributed by atoms with Crippen LogP contribution in [0.25, 0.3) is 6.08 Å². The molecule has 0 spiro atoms. The second-order valence-electron chi connectivity index (χ2n) is 9.05. The van der Waals surface area contributed by atoms with Crippen LogP contribution in [0.15, 0.2) is 55.9 Å². The van der Waals surface area contributed by atoms with Crippen LogP contribution in [0.5, 0.6) is 17.2 Å². The zero-order chi connectivity index (χ0) is 29.8. The molecule has 0 radical (unpaired) electrons. The highest BCUT2D eigenvalue weighted by Crippen LogP contribution is 2.37. The minimum absolute atomic E-state index is 0.181. The van der Waals surface area contributed by atoms with Crippen molar-refractivity contribution in [3.8, 4) is 17.2 Å². The van der Waals surface area contributed by atoms with Gasteiger partial charge in [-0.25, -0.2) is 9.79 Å². The maximum atomic E-state index is 14.0. The van der Waals surface area contributed by atoms with Gasteiger partial charge in [-0.3, -0.25) is 14.2 Å². The predicted octanol–water partition coefficient (Wildman–Crippen LogP) is 3.14. The number of rotatable bonds is 10. The number of allylic oxidation sites excluding steroid dienone is 1. The summed E-state index contributed by atoms with van der Waals surface area (Å²) >= 11 is 4.67. The van der Waals surface area contributed by atoms with E-state index in [1.807, 2.05) is 32.0 Å². The van der Waals surface area contributed by atoms with Crippen LogP contribution < -0.4 is 34.8 Å². The van der Waals surface area contributed by atoms with Gasteiger partial charge in [0.2, 0.25) is 0 Å². The van der Waals surface area contributed by atoms with Crippen LogP contribution in [-0.4, -0.2) is 43.4 Å². The van der Waals surface area contributed by atoms with E-state index in [9.17, 15) is 14.4 Å². The number of nitrogens with zero attached hydrogens (tertiary/aromatic N) is 2. The number of methoxy groups -OCH3 is 1. The molecule has 0 aliphatic carbocycles. The first kappa shape index (κ1) is 30.1. The molecule has 4 rings (SSSR count). The molecule has 2 aromatic carbocycles. The number of benzene rings is 2. The average molecular weight is 645 g/mol. The summed E-state index contributed by atoms with van der Waals surface area (Å²) in [6.45, 7) is 7.41. The number of ether oxygens (including phenoxy) is 4. The van der Waals surface area contributed by atoms with Gasteiger partial charge < -0.3 is 24.7 Å². The van der Waals surface area contributed by atoms with Crippen LogP contribution in [0, 0.1) is 6.92 Å². The summed E-state index contributed by atoms with van der Waals surface area (Å²) in [5.74, 6) is 0.182. The number of esters is 1. The largest absolute Gasteiger partial charge is 0.496 e. The standard InChI is InChI=1S/C29H30BrN3O7S/c1-6-38-21-11-17(10-19(30)26(21)40-14-23(31)34)12-22-27(35)33-25(18-9-8-15(3)20(13-18)37-5)24(28(36)39-7-2)16(4)32-29(33)41-22/h8-13,25H,6-7,14H2,1-5H3,(H2,31,34)/t25-/m1/s1. The molecule has 0 saturated carbocycles. The third-order valence-corrected chi connectivity index (χ3v) is 7.83. The lowest BCUT2D eigenvalue weighted by molar-refractivity contribution is -0.139. The molecule has 10 nitrogen and oxygen atoms in total. The second-order valence-corrected chi connectivity index (χ2v) is 10.9. The Bertz CT molecular complexity index is 1720. The fourth-order valence-corrected chi connectivity index (χ4v) is 6.10. The molecular weight excluding hydrogens is 614 g/mol. The molecule has 2 N–H and O–H groups in total. The van der Waals surface area contributed by atoms with Crippen LogP contribution in [0.2, 0.25) is 0 Å². The minimum atomic E-state index is -0.766. The predicted molar refractivity (Wildman–Crippen MR) is 158 cm³/mol. The molecule has 1 aliphatic heterocycles. The van der Waals surface area contributed by atoms with E-state index in [1.54, 1.807) is 39.2 Å². The van der Waals surface area contributed by atoms with Crippen molar-refractivity contribution in [3.05, 3.63) is 82.5 Å². The van der Waals surface area contributed by atoms with Gasteiger partial charge in [0.1, 0.15) is 5.75 Å². The molecule has 3 aromatic rings.